The van der Waals surface area contributed by atoms with Gasteiger partial charge < -0.3 is 14.7 Å². The Labute approximate surface area is 508 Å². The van der Waals surface area contributed by atoms with Gasteiger partial charge in [0.1, 0.15) is 0 Å². The van der Waals surface area contributed by atoms with Gasteiger partial charge in [-0.15, -0.1) is 0 Å². The first-order valence-corrected chi connectivity index (χ1v) is 30.6. The Kier molecular flexibility index (Phi) is 15.1. The van der Waals surface area contributed by atoms with Crippen LogP contribution in [0.1, 0.15) is 115 Å². The van der Waals surface area contributed by atoms with Crippen LogP contribution in [0.3, 0.4) is 0 Å². The van der Waals surface area contributed by atoms with E-state index in [1.54, 1.807) is 6.92 Å². The van der Waals surface area contributed by atoms with Gasteiger partial charge in [-0.05, 0) is 221 Å². The van der Waals surface area contributed by atoms with Gasteiger partial charge in [0.15, 0.2) is 5.78 Å². The first-order valence-electron chi connectivity index (χ1n) is 30.6. The number of fused-ring (bicyclic) bond motifs is 6. The van der Waals surface area contributed by atoms with E-state index < -0.39 is 0 Å². The Hall–Kier alpha value is -10.0. The third-order valence-electron chi connectivity index (χ3n) is 18.5. The lowest BCUT2D eigenvalue weighted by molar-refractivity contribution is 0.101. The second kappa shape index (κ2) is 23.6. The SMILES string of the molecule is CCC1(CC)c2cc(/C=C/c3ccc(N(c4ccccc4)c4ccccc4)cc3)ccc2-c2ccc(N(c3ccc(C(C)=O)cc3)c3ccc4c(c3)C(CC)(CC)c3cc(/C=C/c5ccc(N(c6ccccc6)c6ccccc6)cc5)ccc3-4)cc21. The van der Waals surface area contributed by atoms with E-state index in [2.05, 4.69) is 321 Å². The first-order chi connectivity index (χ1) is 42.2. The van der Waals surface area contributed by atoms with Crippen molar-refractivity contribution in [3.8, 4) is 22.3 Å². The normalized spacial score (nSPS) is 13.3. The molecule has 2 aliphatic carbocycles. The summed E-state index contributed by atoms with van der Waals surface area (Å²) in [5, 5.41) is 0. The number of Topliss-reactive ketones (excluding diaryl/α,β-unsaturated/α-hetero) is 1. The van der Waals surface area contributed by atoms with Gasteiger partial charge in [0, 0.05) is 67.6 Å². The topological polar surface area (TPSA) is 26.8 Å². The van der Waals surface area contributed by atoms with Crippen molar-refractivity contribution in [2.24, 2.45) is 0 Å². The quantitative estimate of drug-likeness (QED) is 0.0632. The minimum Gasteiger partial charge on any atom is -0.311 e. The van der Waals surface area contributed by atoms with Crippen LogP contribution in [0, 0.1) is 0 Å². The average Bonchev–Trinajstić information content (AvgIpc) is 1.59. The molecule has 0 bridgehead atoms. The maximum absolute atomic E-state index is 12.7. The highest BCUT2D eigenvalue weighted by atomic mass is 16.1. The number of para-hydroxylation sites is 4. The van der Waals surface area contributed by atoms with Gasteiger partial charge in [-0.3, -0.25) is 4.79 Å². The summed E-state index contributed by atoms with van der Waals surface area (Å²) in [6.07, 6.45) is 12.9. The number of rotatable bonds is 18. The van der Waals surface area contributed by atoms with Gasteiger partial charge in [-0.1, -0.05) is 198 Å². The molecule has 0 aliphatic heterocycles. The molecule has 0 saturated carbocycles. The number of benzene rings is 11. The van der Waals surface area contributed by atoms with Crippen molar-refractivity contribution in [3.63, 3.8) is 0 Å². The average molecular weight is 1110 g/mol. The molecule has 0 radical (unpaired) electrons. The molecule has 0 atom stereocenters. The molecule has 4 nitrogen and oxygen atoms in total. The number of anilines is 9. The Bertz CT molecular complexity index is 3940. The fourth-order valence-corrected chi connectivity index (χ4v) is 13.9. The molecule has 11 aromatic carbocycles. The van der Waals surface area contributed by atoms with Crippen LogP contribution in [-0.4, -0.2) is 5.78 Å². The van der Waals surface area contributed by atoms with E-state index in [0.29, 0.717) is 5.56 Å². The zero-order chi connectivity index (χ0) is 58.8. The maximum atomic E-state index is 12.7. The molecule has 13 rings (SSSR count). The molecule has 0 saturated heterocycles. The van der Waals surface area contributed by atoms with Crippen molar-refractivity contribution in [2.75, 3.05) is 14.7 Å². The van der Waals surface area contributed by atoms with Gasteiger partial charge >= 0.3 is 0 Å². The van der Waals surface area contributed by atoms with Crippen LogP contribution in [0.5, 0.6) is 0 Å². The standard InChI is InChI=1S/C82H71N3O/c1-6-81(7-2)77-54-61(32-30-59-34-42-68(43-35-59)83(64-22-14-10-15-23-64)65-24-16-11-17-25-65)38-50-73(77)75-52-48-71(56-79(75)81)85(70-46-40-63(41-47-70)58(5)86)72-49-53-76-74-51-39-62(55-78(74)82(8-3,9-4)80(76)57-72)33-31-60-36-44-69(45-37-60)84(66-26-18-12-19-27-66)67-28-20-13-21-29-67/h10-57H,6-9H2,1-5H3/b32-30+,33-31+. The molecule has 2 aliphatic rings. The molecule has 0 fully saturated rings. The lowest BCUT2D eigenvalue weighted by atomic mass is 9.73. The number of carbonyl (C=O) groups excluding carboxylic acids is 1. The van der Waals surface area contributed by atoms with Crippen molar-refractivity contribution in [3.05, 3.63) is 317 Å². The summed E-state index contributed by atoms with van der Waals surface area (Å²) in [6, 6.07) is 96.5. The van der Waals surface area contributed by atoms with E-state index in [9.17, 15) is 4.79 Å². The number of carbonyl (C=O) groups is 1. The lowest BCUT2D eigenvalue weighted by Gasteiger charge is -2.33. The van der Waals surface area contributed by atoms with Crippen LogP contribution in [-0.2, 0) is 10.8 Å². The van der Waals surface area contributed by atoms with Crippen LogP contribution in [0.2, 0.25) is 0 Å². The van der Waals surface area contributed by atoms with Gasteiger partial charge in [-0.2, -0.15) is 0 Å². The van der Waals surface area contributed by atoms with E-state index in [1.807, 2.05) is 12.1 Å². The van der Waals surface area contributed by atoms with E-state index in [-0.39, 0.29) is 16.6 Å². The summed E-state index contributed by atoms with van der Waals surface area (Å²) in [7, 11) is 0. The Morgan fingerprint density at radius 3 is 0.849 bits per heavy atom. The van der Waals surface area contributed by atoms with Crippen molar-refractivity contribution >= 4 is 81.3 Å². The van der Waals surface area contributed by atoms with E-state index >= 15 is 0 Å². The highest BCUT2D eigenvalue weighted by Crippen LogP contribution is 2.57. The van der Waals surface area contributed by atoms with Gasteiger partial charge in [0.2, 0.25) is 0 Å². The highest BCUT2D eigenvalue weighted by molar-refractivity contribution is 5.95. The summed E-state index contributed by atoms with van der Waals surface area (Å²) in [6.45, 7) is 11.0. The molecular weight excluding hydrogens is 1040 g/mol. The second-order valence-corrected chi connectivity index (χ2v) is 22.9. The molecule has 11 aromatic rings. The predicted octanol–water partition coefficient (Wildman–Crippen LogP) is 22.8. The molecule has 0 unspecified atom stereocenters. The zero-order valence-electron chi connectivity index (χ0n) is 49.8. The molecule has 0 amide bonds. The van der Waals surface area contributed by atoms with Crippen LogP contribution >= 0.6 is 0 Å². The Balaban J connectivity index is 0.806. The monoisotopic (exact) mass is 1110 g/mol. The van der Waals surface area contributed by atoms with E-state index in [4.69, 9.17) is 0 Å². The first kappa shape index (κ1) is 55.2. The van der Waals surface area contributed by atoms with Crippen LogP contribution in [0.4, 0.5) is 51.2 Å². The molecule has 86 heavy (non-hydrogen) atoms. The third-order valence-corrected chi connectivity index (χ3v) is 18.5. The van der Waals surface area contributed by atoms with Gasteiger partial charge in [0.05, 0.1) is 0 Å². The number of nitrogens with zero attached hydrogens (tertiary/aromatic N) is 3. The lowest BCUT2D eigenvalue weighted by Crippen LogP contribution is -2.24. The molecule has 0 N–H and O–H groups in total. The van der Waals surface area contributed by atoms with Crippen molar-refractivity contribution in [1.82, 2.24) is 0 Å². The van der Waals surface area contributed by atoms with Gasteiger partial charge in [0.25, 0.3) is 0 Å². The molecular formula is C82H71N3O. The van der Waals surface area contributed by atoms with Crippen molar-refractivity contribution in [2.45, 2.75) is 71.1 Å². The third kappa shape index (κ3) is 10.0. The molecule has 0 spiro atoms. The predicted molar refractivity (Wildman–Crippen MR) is 365 cm³/mol. The molecule has 420 valence electrons. The number of hydrogen-bond donors (Lipinski definition) is 0. The molecule has 4 heteroatoms. The zero-order valence-corrected chi connectivity index (χ0v) is 49.8. The Morgan fingerprint density at radius 1 is 0.291 bits per heavy atom. The minimum absolute atomic E-state index is 0.0577. The summed E-state index contributed by atoms with van der Waals surface area (Å²) in [4.78, 5) is 19.7. The highest BCUT2D eigenvalue weighted by Gasteiger charge is 2.43. The van der Waals surface area contributed by atoms with Crippen LogP contribution in [0.25, 0.3) is 46.6 Å². The van der Waals surface area contributed by atoms with Crippen LogP contribution in [0.15, 0.2) is 267 Å². The Morgan fingerprint density at radius 2 is 0.535 bits per heavy atom. The smallest absolute Gasteiger partial charge is 0.159 e. The molecule has 0 aromatic heterocycles. The van der Waals surface area contributed by atoms with Gasteiger partial charge in [-0.25, -0.2) is 0 Å². The van der Waals surface area contributed by atoms with Crippen LogP contribution < -0.4 is 14.7 Å². The van der Waals surface area contributed by atoms with E-state index in [0.717, 1.165) is 88.0 Å². The number of hydrogen-bond acceptors (Lipinski definition) is 4. The number of ketones is 1. The summed E-state index contributed by atoms with van der Waals surface area (Å²) in [5.74, 6) is 0.0577. The summed E-state index contributed by atoms with van der Waals surface area (Å²) >= 11 is 0. The fourth-order valence-electron chi connectivity index (χ4n) is 13.9. The summed E-state index contributed by atoms with van der Waals surface area (Å²) in [5.41, 5.74) is 25.6. The van der Waals surface area contributed by atoms with Crippen molar-refractivity contribution in [1.29, 1.82) is 0 Å². The fraction of sp³-hybridized carbons (Fsp3) is 0.134. The minimum atomic E-state index is -0.185. The van der Waals surface area contributed by atoms with Crippen molar-refractivity contribution < 1.29 is 4.79 Å². The van der Waals surface area contributed by atoms with E-state index in [1.165, 1.54) is 55.6 Å². The largest absolute Gasteiger partial charge is 0.311 e. The summed E-state index contributed by atoms with van der Waals surface area (Å²) < 4.78 is 0. The molecule has 0 heterocycles. The second-order valence-electron chi connectivity index (χ2n) is 22.9. The maximum Gasteiger partial charge on any atom is 0.159 e.